The molecule has 15 heteroatoms. The van der Waals surface area contributed by atoms with Crippen LogP contribution in [0.2, 0.25) is 0 Å². The first kappa shape index (κ1) is 31.9. The summed E-state index contributed by atoms with van der Waals surface area (Å²) < 4.78 is 95.9. The van der Waals surface area contributed by atoms with Crippen LogP contribution >= 0.6 is 0 Å². The number of hydrogen-bond donors (Lipinski definition) is 1. The standard InChI is InChI=1S/C28H28F5N5O4S/c1-2-43(40,41)21-6-3-17(4-7-21)22(9-10-34)24-12-18(5-8-23(24)26(35)39)38-13-19(11-20(38)15-42-27(29)30)37-14-25(36-16-37)28(31,32)33/h3-8,12,14,16,19-20,22,27H,2,9,11,13,15H2,1H3,(H2,35,39)/t19-,20-,22-/m0/s1. The molecule has 0 saturated carbocycles. The number of primary amides is 1. The first-order valence-corrected chi connectivity index (χ1v) is 14.8. The molecule has 0 aliphatic carbocycles. The number of rotatable bonds is 11. The van der Waals surface area contributed by atoms with Crippen LogP contribution < -0.4 is 10.6 Å². The molecule has 4 rings (SSSR count). The predicted molar refractivity (Wildman–Crippen MR) is 145 cm³/mol. The zero-order chi connectivity index (χ0) is 31.5. The summed E-state index contributed by atoms with van der Waals surface area (Å²) in [5.74, 6) is -1.61. The monoisotopic (exact) mass is 625 g/mol. The number of amides is 1. The van der Waals surface area contributed by atoms with Gasteiger partial charge in [-0.3, -0.25) is 4.79 Å². The highest BCUT2D eigenvalue weighted by Crippen LogP contribution is 2.38. The van der Waals surface area contributed by atoms with Crippen LogP contribution in [0, 0.1) is 11.3 Å². The van der Waals surface area contributed by atoms with Gasteiger partial charge in [-0.1, -0.05) is 19.1 Å². The third-order valence-corrected chi connectivity index (χ3v) is 9.20. The van der Waals surface area contributed by atoms with Crippen molar-refractivity contribution < 1.29 is 39.9 Å². The molecular weight excluding hydrogens is 597 g/mol. The van der Waals surface area contributed by atoms with Crippen molar-refractivity contribution in [1.29, 1.82) is 5.26 Å². The number of nitrogens with two attached hydrogens (primary N) is 1. The molecule has 2 heterocycles. The van der Waals surface area contributed by atoms with Crippen LogP contribution in [-0.4, -0.2) is 55.4 Å². The quantitative estimate of drug-likeness (QED) is 0.300. The minimum atomic E-state index is -4.66. The smallest absolute Gasteiger partial charge is 0.366 e. The lowest BCUT2D eigenvalue weighted by molar-refractivity contribution is -0.141. The number of hydrogen-bond acceptors (Lipinski definition) is 7. The van der Waals surface area contributed by atoms with Crippen LogP contribution in [0.5, 0.6) is 0 Å². The summed E-state index contributed by atoms with van der Waals surface area (Å²) >= 11 is 0. The Hall–Kier alpha value is -4.03. The lowest BCUT2D eigenvalue weighted by Gasteiger charge is -2.28. The maximum atomic E-state index is 13.2. The molecule has 0 spiro atoms. The minimum absolute atomic E-state index is 0.0924. The van der Waals surface area contributed by atoms with E-state index in [0.29, 0.717) is 16.8 Å². The number of carbonyl (C=O) groups excluding carboxylic acids is 1. The van der Waals surface area contributed by atoms with Crippen molar-refractivity contribution >= 4 is 21.4 Å². The number of aromatic nitrogens is 2. The SMILES string of the molecule is CCS(=O)(=O)c1ccc([C@H](CC#N)c2cc(N3C[C@@H](n4cnc(C(F)(F)F)c4)C[C@H]3COC(F)F)ccc2C(N)=O)cc1. The highest BCUT2D eigenvalue weighted by molar-refractivity contribution is 7.91. The first-order valence-electron chi connectivity index (χ1n) is 13.2. The Morgan fingerprint density at radius 1 is 1.21 bits per heavy atom. The molecule has 0 bridgehead atoms. The number of alkyl halides is 5. The molecule has 0 unspecified atom stereocenters. The van der Waals surface area contributed by atoms with Crippen LogP contribution in [0.1, 0.15) is 58.9 Å². The van der Waals surface area contributed by atoms with Crippen molar-refractivity contribution in [2.75, 3.05) is 23.8 Å². The van der Waals surface area contributed by atoms with Gasteiger partial charge < -0.3 is 19.9 Å². The maximum Gasteiger partial charge on any atom is 0.434 e. The molecule has 1 fully saturated rings. The Balaban J connectivity index is 1.74. The number of ether oxygens (including phenoxy) is 1. The van der Waals surface area contributed by atoms with Gasteiger partial charge in [-0.15, -0.1) is 0 Å². The van der Waals surface area contributed by atoms with Crippen molar-refractivity contribution in [2.45, 2.75) is 55.5 Å². The zero-order valence-corrected chi connectivity index (χ0v) is 23.7. The third-order valence-electron chi connectivity index (χ3n) is 7.45. The molecule has 2 N–H and O–H groups in total. The van der Waals surface area contributed by atoms with E-state index in [1.165, 1.54) is 35.8 Å². The summed E-state index contributed by atoms with van der Waals surface area (Å²) in [6, 6.07) is 11.3. The number of nitrogens with zero attached hydrogens (tertiary/aromatic N) is 4. The van der Waals surface area contributed by atoms with Crippen LogP contribution in [0.15, 0.2) is 59.9 Å². The minimum Gasteiger partial charge on any atom is -0.366 e. The van der Waals surface area contributed by atoms with E-state index in [9.17, 15) is 40.4 Å². The average Bonchev–Trinajstić information content (AvgIpc) is 3.62. The van der Waals surface area contributed by atoms with E-state index >= 15 is 0 Å². The average molecular weight is 626 g/mol. The highest BCUT2D eigenvalue weighted by atomic mass is 32.2. The van der Waals surface area contributed by atoms with Gasteiger partial charge in [-0.2, -0.15) is 27.2 Å². The zero-order valence-electron chi connectivity index (χ0n) is 22.8. The molecule has 3 aromatic rings. The van der Waals surface area contributed by atoms with Crippen molar-refractivity contribution in [2.24, 2.45) is 5.73 Å². The normalized spacial score (nSPS) is 18.1. The Bertz CT molecular complexity index is 1600. The summed E-state index contributed by atoms with van der Waals surface area (Å²) in [5.41, 5.74) is 5.98. The second kappa shape index (κ2) is 12.7. The molecule has 1 saturated heterocycles. The first-order chi connectivity index (χ1) is 20.2. The molecule has 1 aliphatic rings. The summed E-state index contributed by atoms with van der Waals surface area (Å²) in [6.07, 6.45) is -2.72. The van der Waals surface area contributed by atoms with Gasteiger partial charge in [0.05, 0.1) is 41.7 Å². The number of benzene rings is 2. The van der Waals surface area contributed by atoms with E-state index in [2.05, 4.69) is 15.8 Å². The second-order valence-electron chi connectivity index (χ2n) is 10.0. The summed E-state index contributed by atoms with van der Waals surface area (Å²) in [5, 5.41) is 9.63. The lowest BCUT2D eigenvalue weighted by atomic mass is 9.85. The highest BCUT2D eigenvalue weighted by Gasteiger charge is 2.38. The van der Waals surface area contributed by atoms with Gasteiger partial charge in [-0.05, 0) is 47.9 Å². The molecule has 230 valence electrons. The maximum absolute atomic E-state index is 13.2. The number of halogens is 5. The summed E-state index contributed by atoms with van der Waals surface area (Å²) in [7, 11) is -3.49. The van der Waals surface area contributed by atoms with E-state index in [1.54, 1.807) is 23.1 Å². The molecule has 1 aromatic heterocycles. The fraction of sp³-hybridized carbons (Fsp3) is 0.393. The Labute approximate surface area is 244 Å². The number of carbonyl (C=O) groups is 1. The Morgan fingerprint density at radius 3 is 2.47 bits per heavy atom. The van der Waals surface area contributed by atoms with Gasteiger partial charge >= 0.3 is 12.8 Å². The molecule has 1 aliphatic heterocycles. The third kappa shape index (κ3) is 7.14. The summed E-state index contributed by atoms with van der Waals surface area (Å²) in [6.45, 7) is -1.89. The van der Waals surface area contributed by atoms with Crippen LogP contribution in [-0.2, 0) is 20.8 Å². The van der Waals surface area contributed by atoms with Gasteiger partial charge in [0.25, 0.3) is 0 Å². The number of nitriles is 1. The van der Waals surface area contributed by atoms with Crippen LogP contribution in [0.4, 0.5) is 27.6 Å². The van der Waals surface area contributed by atoms with Crippen molar-refractivity contribution in [3.05, 3.63) is 77.4 Å². The number of imidazole rings is 1. The molecule has 43 heavy (non-hydrogen) atoms. The lowest BCUT2D eigenvalue weighted by Crippen LogP contribution is -2.34. The fourth-order valence-electron chi connectivity index (χ4n) is 5.26. The van der Waals surface area contributed by atoms with Gasteiger partial charge in [-0.25, -0.2) is 13.4 Å². The fourth-order valence-corrected chi connectivity index (χ4v) is 6.15. The Kier molecular flexibility index (Phi) is 9.41. The van der Waals surface area contributed by atoms with Crippen LogP contribution in [0.25, 0.3) is 0 Å². The van der Waals surface area contributed by atoms with E-state index in [0.717, 1.165) is 12.5 Å². The molecular formula is C28H28F5N5O4S. The van der Waals surface area contributed by atoms with E-state index in [-0.39, 0.29) is 35.6 Å². The topological polar surface area (TPSA) is 131 Å². The van der Waals surface area contributed by atoms with Crippen molar-refractivity contribution in [1.82, 2.24) is 9.55 Å². The molecule has 2 aromatic carbocycles. The van der Waals surface area contributed by atoms with E-state index in [4.69, 9.17) is 5.73 Å². The van der Waals surface area contributed by atoms with Gasteiger partial charge in [0.1, 0.15) is 0 Å². The van der Waals surface area contributed by atoms with E-state index < -0.39 is 58.8 Å². The number of sulfone groups is 1. The Morgan fingerprint density at radius 2 is 1.91 bits per heavy atom. The van der Waals surface area contributed by atoms with E-state index in [1.807, 2.05) is 0 Å². The molecule has 9 nitrogen and oxygen atoms in total. The number of anilines is 1. The molecule has 0 radical (unpaired) electrons. The van der Waals surface area contributed by atoms with Gasteiger partial charge in [0, 0.05) is 36.3 Å². The van der Waals surface area contributed by atoms with Gasteiger partial charge in [0.15, 0.2) is 15.5 Å². The van der Waals surface area contributed by atoms with Crippen molar-refractivity contribution in [3.63, 3.8) is 0 Å². The largest absolute Gasteiger partial charge is 0.434 e. The van der Waals surface area contributed by atoms with Crippen LogP contribution in [0.3, 0.4) is 0 Å². The second-order valence-corrected chi connectivity index (χ2v) is 12.3. The summed E-state index contributed by atoms with van der Waals surface area (Å²) in [4.78, 5) is 17.6. The predicted octanol–water partition coefficient (Wildman–Crippen LogP) is 4.90. The van der Waals surface area contributed by atoms with Crippen molar-refractivity contribution in [3.8, 4) is 6.07 Å². The molecule has 3 atom stereocenters. The molecule has 1 amide bonds. The van der Waals surface area contributed by atoms with Gasteiger partial charge in [0.2, 0.25) is 5.91 Å².